The van der Waals surface area contributed by atoms with Crippen LogP contribution in [0.25, 0.3) is 0 Å². The Labute approximate surface area is 94.6 Å². The molecule has 10 heavy (non-hydrogen) atoms. The van der Waals surface area contributed by atoms with E-state index in [1.54, 1.807) is 6.07 Å². The maximum absolute atomic E-state index is 9.19. The highest BCUT2D eigenvalue weighted by atomic mass is 127. The fourth-order valence-corrected chi connectivity index (χ4v) is 2.14. The molecular formula is C6H3BrI2O. The van der Waals surface area contributed by atoms with Gasteiger partial charge in [-0.05, 0) is 73.2 Å². The van der Waals surface area contributed by atoms with Crippen molar-refractivity contribution in [3.8, 4) is 5.75 Å². The lowest BCUT2D eigenvalue weighted by molar-refractivity contribution is 0.471. The molecule has 1 nitrogen and oxygen atoms in total. The highest BCUT2D eigenvalue weighted by Crippen LogP contribution is 2.30. The summed E-state index contributed by atoms with van der Waals surface area (Å²) in [6.45, 7) is 0. The molecule has 0 spiro atoms. The van der Waals surface area contributed by atoms with E-state index in [2.05, 4.69) is 61.1 Å². The van der Waals surface area contributed by atoms with E-state index in [1.807, 2.05) is 6.07 Å². The molecule has 0 saturated heterocycles. The third kappa shape index (κ3) is 1.76. The van der Waals surface area contributed by atoms with E-state index in [0.717, 1.165) is 11.6 Å². The molecule has 0 fully saturated rings. The second-order valence-corrected chi connectivity index (χ2v) is 4.71. The Hall–Kier alpha value is 0.960. The first-order chi connectivity index (χ1) is 4.63. The van der Waals surface area contributed by atoms with Crippen LogP contribution in [-0.4, -0.2) is 5.11 Å². The van der Waals surface area contributed by atoms with Crippen molar-refractivity contribution in [3.63, 3.8) is 0 Å². The third-order valence-electron chi connectivity index (χ3n) is 1.01. The lowest BCUT2D eigenvalue weighted by Gasteiger charge is -2.00. The zero-order chi connectivity index (χ0) is 7.72. The first-order valence-electron chi connectivity index (χ1n) is 2.45. The minimum atomic E-state index is 0.341. The molecule has 0 heterocycles. The molecule has 0 saturated carbocycles. The number of hydrogen-bond acceptors (Lipinski definition) is 1. The SMILES string of the molecule is Oc1ccc(Br)c(I)c1I. The zero-order valence-corrected chi connectivity index (χ0v) is 10.6. The Morgan fingerprint density at radius 1 is 1.20 bits per heavy atom. The van der Waals surface area contributed by atoms with Crippen LogP contribution >= 0.6 is 61.1 Å². The minimum Gasteiger partial charge on any atom is -0.507 e. The molecule has 0 atom stereocenters. The van der Waals surface area contributed by atoms with Crippen molar-refractivity contribution in [2.75, 3.05) is 0 Å². The number of benzene rings is 1. The van der Waals surface area contributed by atoms with Gasteiger partial charge in [-0.25, -0.2) is 0 Å². The number of hydrogen-bond donors (Lipinski definition) is 1. The smallest absolute Gasteiger partial charge is 0.130 e. The molecule has 0 aliphatic rings. The first kappa shape index (κ1) is 9.05. The predicted octanol–water partition coefficient (Wildman–Crippen LogP) is 3.36. The highest BCUT2D eigenvalue weighted by Gasteiger charge is 2.04. The van der Waals surface area contributed by atoms with Crippen LogP contribution in [0.5, 0.6) is 5.75 Å². The fraction of sp³-hybridized carbons (Fsp3) is 0. The number of rotatable bonds is 0. The van der Waals surface area contributed by atoms with Crippen LogP contribution < -0.4 is 0 Å². The molecular weight excluding hydrogens is 422 g/mol. The van der Waals surface area contributed by atoms with Crippen LogP contribution in [0.15, 0.2) is 16.6 Å². The van der Waals surface area contributed by atoms with Gasteiger partial charge in [0.15, 0.2) is 0 Å². The summed E-state index contributed by atoms with van der Waals surface area (Å²) in [5.74, 6) is 0.341. The largest absolute Gasteiger partial charge is 0.507 e. The Morgan fingerprint density at radius 3 is 2.30 bits per heavy atom. The van der Waals surface area contributed by atoms with Gasteiger partial charge in [0.25, 0.3) is 0 Å². The number of phenols is 1. The molecule has 1 N–H and O–H groups in total. The van der Waals surface area contributed by atoms with E-state index in [4.69, 9.17) is 0 Å². The average molecular weight is 425 g/mol. The van der Waals surface area contributed by atoms with E-state index in [-0.39, 0.29) is 0 Å². The van der Waals surface area contributed by atoms with Crippen LogP contribution in [0.4, 0.5) is 0 Å². The Morgan fingerprint density at radius 2 is 1.80 bits per heavy atom. The summed E-state index contributed by atoms with van der Waals surface area (Å²) in [5.41, 5.74) is 0. The van der Waals surface area contributed by atoms with Gasteiger partial charge in [-0.3, -0.25) is 0 Å². The van der Waals surface area contributed by atoms with Gasteiger partial charge in [-0.1, -0.05) is 0 Å². The van der Waals surface area contributed by atoms with Crippen LogP contribution in [0.3, 0.4) is 0 Å². The van der Waals surface area contributed by atoms with Gasteiger partial charge in [0, 0.05) is 8.04 Å². The number of aromatic hydroxyl groups is 1. The molecule has 1 aromatic rings. The highest BCUT2D eigenvalue weighted by molar-refractivity contribution is 14.1. The molecule has 1 rings (SSSR count). The zero-order valence-electron chi connectivity index (χ0n) is 4.74. The molecule has 4 heteroatoms. The summed E-state index contributed by atoms with van der Waals surface area (Å²) in [5, 5.41) is 9.19. The van der Waals surface area contributed by atoms with E-state index in [9.17, 15) is 5.11 Å². The Kier molecular flexibility index (Phi) is 3.23. The Balaban J connectivity index is 3.34. The van der Waals surface area contributed by atoms with Crippen molar-refractivity contribution in [1.29, 1.82) is 0 Å². The summed E-state index contributed by atoms with van der Waals surface area (Å²) in [6.07, 6.45) is 0. The molecule has 0 aromatic heterocycles. The quantitative estimate of drug-likeness (QED) is 0.500. The molecule has 0 bridgehead atoms. The summed E-state index contributed by atoms with van der Waals surface area (Å²) >= 11 is 7.64. The summed E-state index contributed by atoms with van der Waals surface area (Å²) in [4.78, 5) is 0. The van der Waals surface area contributed by atoms with Crippen LogP contribution in [0.2, 0.25) is 0 Å². The molecule has 0 aliphatic carbocycles. The lowest BCUT2D eigenvalue weighted by atomic mass is 10.3. The van der Waals surface area contributed by atoms with Gasteiger partial charge in [-0.15, -0.1) is 0 Å². The summed E-state index contributed by atoms with van der Waals surface area (Å²) < 4.78 is 2.97. The van der Waals surface area contributed by atoms with E-state index < -0.39 is 0 Å². The van der Waals surface area contributed by atoms with Crippen molar-refractivity contribution in [2.24, 2.45) is 0 Å². The number of halogens is 3. The maximum Gasteiger partial charge on any atom is 0.130 e. The van der Waals surface area contributed by atoms with Crippen molar-refractivity contribution >= 4 is 61.1 Å². The Bertz CT molecular complexity index is 235. The van der Waals surface area contributed by atoms with E-state index in [1.165, 1.54) is 0 Å². The topological polar surface area (TPSA) is 20.2 Å². The standard InChI is InChI=1S/C6H3BrI2O/c7-3-1-2-4(10)6(9)5(3)8/h1-2,10H. The fourth-order valence-electron chi connectivity index (χ4n) is 0.516. The van der Waals surface area contributed by atoms with Gasteiger partial charge in [0.2, 0.25) is 0 Å². The average Bonchev–Trinajstić information content (AvgIpc) is 1.93. The van der Waals surface area contributed by atoms with Gasteiger partial charge >= 0.3 is 0 Å². The molecule has 54 valence electrons. The van der Waals surface area contributed by atoms with Crippen LogP contribution in [0.1, 0.15) is 0 Å². The normalized spacial score (nSPS) is 9.90. The molecule has 0 amide bonds. The van der Waals surface area contributed by atoms with Gasteiger partial charge in [0.1, 0.15) is 5.75 Å². The van der Waals surface area contributed by atoms with E-state index >= 15 is 0 Å². The second-order valence-electron chi connectivity index (χ2n) is 1.69. The monoisotopic (exact) mass is 424 g/mol. The molecule has 1 aromatic carbocycles. The van der Waals surface area contributed by atoms with Gasteiger partial charge in [-0.2, -0.15) is 0 Å². The van der Waals surface area contributed by atoms with Crippen LogP contribution in [-0.2, 0) is 0 Å². The third-order valence-corrected chi connectivity index (χ3v) is 5.66. The van der Waals surface area contributed by atoms with Crippen molar-refractivity contribution in [1.82, 2.24) is 0 Å². The summed E-state index contributed by atoms with van der Waals surface area (Å²) in [6, 6.07) is 3.51. The van der Waals surface area contributed by atoms with Crippen molar-refractivity contribution in [2.45, 2.75) is 0 Å². The van der Waals surface area contributed by atoms with Gasteiger partial charge in [0.05, 0.1) is 3.57 Å². The second kappa shape index (κ2) is 3.57. The minimum absolute atomic E-state index is 0.341. The molecule has 0 aliphatic heterocycles. The van der Waals surface area contributed by atoms with Crippen LogP contribution in [0, 0.1) is 7.14 Å². The maximum atomic E-state index is 9.19. The predicted molar refractivity (Wildman–Crippen MR) is 61.2 cm³/mol. The first-order valence-corrected chi connectivity index (χ1v) is 5.40. The van der Waals surface area contributed by atoms with Crippen molar-refractivity contribution in [3.05, 3.63) is 23.7 Å². The summed E-state index contributed by atoms with van der Waals surface area (Å²) in [7, 11) is 0. The molecule has 0 radical (unpaired) electrons. The number of phenolic OH excluding ortho intramolecular Hbond substituents is 1. The lowest BCUT2D eigenvalue weighted by Crippen LogP contribution is -1.81. The van der Waals surface area contributed by atoms with Crippen molar-refractivity contribution < 1.29 is 5.11 Å². The van der Waals surface area contributed by atoms with Gasteiger partial charge < -0.3 is 5.11 Å². The molecule has 0 unspecified atom stereocenters. The van der Waals surface area contributed by atoms with E-state index in [0.29, 0.717) is 5.75 Å².